The lowest BCUT2D eigenvalue weighted by atomic mass is 9.83. The molecule has 1 aliphatic rings. The highest BCUT2D eigenvalue weighted by Crippen LogP contribution is 2.32. The van der Waals surface area contributed by atoms with E-state index >= 15 is 0 Å². The zero-order chi connectivity index (χ0) is 14.8. The van der Waals surface area contributed by atoms with Crippen LogP contribution in [0.15, 0.2) is 18.2 Å². The van der Waals surface area contributed by atoms with Crippen LogP contribution < -0.4 is 5.73 Å². The smallest absolute Gasteiger partial charge is 0.184 e. The minimum absolute atomic E-state index is 0.535. The van der Waals surface area contributed by atoms with Gasteiger partial charge >= 0.3 is 0 Å². The maximum Gasteiger partial charge on any atom is 0.184 e. The number of nitrogens with zero attached hydrogens (tertiary/aromatic N) is 4. The van der Waals surface area contributed by atoms with Gasteiger partial charge in [-0.25, -0.2) is 4.68 Å². The van der Waals surface area contributed by atoms with Crippen molar-refractivity contribution in [2.24, 2.45) is 11.8 Å². The third kappa shape index (κ3) is 3.02. The molecule has 2 N–H and O–H groups in total. The van der Waals surface area contributed by atoms with Gasteiger partial charge in [0, 0.05) is 12.1 Å². The lowest BCUT2D eigenvalue weighted by Gasteiger charge is -2.26. The largest absolute Gasteiger partial charge is 0.397 e. The topological polar surface area (TPSA) is 69.6 Å². The first kappa shape index (κ1) is 14.3. The molecule has 0 amide bonds. The van der Waals surface area contributed by atoms with Crippen molar-refractivity contribution in [3.63, 3.8) is 0 Å². The summed E-state index contributed by atoms with van der Waals surface area (Å²) in [5.41, 5.74) is 7.39. The summed E-state index contributed by atoms with van der Waals surface area (Å²) in [6.07, 6.45) is 5.07. The highest BCUT2D eigenvalue weighted by Gasteiger charge is 2.21. The Morgan fingerprint density at radius 2 is 2.05 bits per heavy atom. The van der Waals surface area contributed by atoms with E-state index in [4.69, 9.17) is 17.3 Å². The van der Waals surface area contributed by atoms with Gasteiger partial charge in [-0.1, -0.05) is 37.4 Å². The molecule has 3 rings (SSSR count). The number of para-hydroxylation sites is 1. The van der Waals surface area contributed by atoms with Crippen LogP contribution in [-0.2, 0) is 6.54 Å². The van der Waals surface area contributed by atoms with E-state index in [1.807, 2.05) is 16.8 Å². The SMILES string of the molecule is CC1CCC(Cn2nnnc2-c2cccc(Cl)c2N)CC1. The molecule has 0 unspecified atom stereocenters. The van der Waals surface area contributed by atoms with Crippen molar-refractivity contribution < 1.29 is 0 Å². The fraction of sp³-hybridized carbons (Fsp3) is 0.533. The predicted octanol–water partition coefficient (Wildman–Crippen LogP) is 3.40. The van der Waals surface area contributed by atoms with E-state index in [-0.39, 0.29) is 0 Å². The highest BCUT2D eigenvalue weighted by atomic mass is 35.5. The van der Waals surface area contributed by atoms with E-state index < -0.39 is 0 Å². The summed E-state index contributed by atoms with van der Waals surface area (Å²) in [7, 11) is 0. The van der Waals surface area contributed by atoms with Gasteiger partial charge in [0.25, 0.3) is 0 Å². The number of rotatable bonds is 3. The first-order valence-corrected chi connectivity index (χ1v) is 7.83. The van der Waals surface area contributed by atoms with Crippen LogP contribution in [0.3, 0.4) is 0 Å². The van der Waals surface area contributed by atoms with E-state index in [0.29, 0.717) is 22.5 Å². The second-order valence-electron chi connectivity index (χ2n) is 6.01. The summed E-state index contributed by atoms with van der Waals surface area (Å²) < 4.78 is 1.86. The molecule has 1 fully saturated rings. The summed E-state index contributed by atoms with van der Waals surface area (Å²) in [6, 6.07) is 5.55. The van der Waals surface area contributed by atoms with Gasteiger partial charge in [0.15, 0.2) is 5.82 Å². The molecule has 0 atom stereocenters. The molecular weight excluding hydrogens is 286 g/mol. The van der Waals surface area contributed by atoms with Crippen LogP contribution in [0, 0.1) is 11.8 Å². The predicted molar refractivity (Wildman–Crippen MR) is 83.8 cm³/mol. The number of tetrazole rings is 1. The molecule has 1 heterocycles. The third-order valence-corrected chi connectivity index (χ3v) is 4.72. The number of hydrogen-bond donors (Lipinski definition) is 1. The molecule has 0 bridgehead atoms. The number of nitrogens with two attached hydrogens (primary N) is 1. The van der Waals surface area contributed by atoms with Crippen molar-refractivity contribution in [2.75, 3.05) is 5.73 Å². The van der Waals surface area contributed by atoms with Crippen LogP contribution in [0.5, 0.6) is 0 Å². The molecule has 112 valence electrons. The Bertz CT molecular complexity index is 616. The number of hydrogen-bond acceptors (Lipinski definition) is 4. The van der Waals surface area contributed by atoms with Gasteiger partial charge in [-0.05, 0) is 47.2 Å². The van der Waals surface area contributed by atoms with Gasteiger partial charge in [-0.3, -0.25) is 0 Å². The Kier molecular flexibility index (Phi) is 4.10. The van der Waals surface area contributed by atoms with Gasteiger partial charge in [-0.2, -0.15) is 0 Å². The molecular formula is C15H20ClN5. The second-order valence-corrected chi connectivity index (χ2v) is 6.42. The fourth-order valence-corrected chi connectivity index (χ4v) is 3.18. The quantitative estimate of drug-likeness (QED) is 0.882. The monoisotopic (exact) mass is 305 g/mol. The molecule has 0 aliphatic heterocycles. The van der Waals surface area contributed by atoms with E-state index in [9.17, 15) is 0 Å². The van der Waals surface area contributed by atoms with Crippen LogP contribution in [0.4, 0.5) is 5.69 Å². The molecule has 1 saturated carbocycles. The average molecular weight is 306 g/mol. The lowest BCUT2D eigenvalue weighted by molar-refractivity contribution is 0.257. The van der Waals surface area contributed by atoms with Gasteiger partial charge < -0.3 is 5.73 Å². The zero-order valence-electron chi connectivity index (χ0n) is 12.2. The number of nitrogen functional groups attached to an aromatic ring is 1. The van der Waals surface area contributed by atoms with Crippen LogP contribution in [-0.4, -0.2) is 20.2 Å². The molecule has 5 nitrogen and oxygen atoms in total. The molecule has 2 aromatic rings. The molecule has 21 heavy (non-hydrogen) atoms. The molecule has 0 radical (unpaired) electrons. The van der Waals surface area contributed by atoms with Crippen molar-refractivity contribution in [1.29, 1.82) is 0 Å². The summed E-state index contributed by atoms with van der Waals surface area (Å²) >= 11 is 6.09. The summed E-state index contributed by atoms with van der Waals surface area (Å²) in [6.45, 7) is 3.17. The number of aromatic nitrogens is 4. The summed E-state index contributed by atoms with van der Waals surface area (Å²) in [5, 5.41) is 12.6. The van der Waals surface area contributed by atoms with Gasteiger partial charge in [-0.15, -0.1) is 5.10 Å². The van der Waals surface area contributed by atoms with E-state index in [2.05, 4.69) is 22.4 Å². The van der Waals surface area contributed by atoms with E-state index in [1.165, 1.54) is 25.7 Å². The standard InChI is InChI=1S/C15H20ClN5/c1-10-5-7-11(8-6-10)9-21-15(18-19-20-21)12-3-2-4-13(16)14(12)17/h2-4,10-11H,5-9,17H2,1H3. The lowest BCUT2D eigenvalue weighted by Crippen LogP contribution is -2.19. The zero-order valence-corrected chi connectivity index (χ0v) is 12.9. The number of benzene rings is 1. The minimum atomic E-state index is 0.535. The maximum absolute atomic E-state index is 6.09. The van der Waals surface area contributed by atoms with Crippen LogP contribution in [0.1, 0.15) is 32.6 Å². The Labute approximate surface area is 129 Å². The molecule has 0 saturated heterocycles. The molecule has 1 aromatic carbocycles. The van der Waals surface area contributed by atoms with Crippen molar-refractivity contribution in [1.82, 2.24) is 20.2 Å². The third-order valence-electron chi connectivity index (χ3n) is 4.39. The normalized spacial score (nSPS) is 22.4. The fourth-order valence-electron chi connectivity index (χ4n) is 3.01. The van der Waals surface area contributed by atoms with E-state index in [0.717, 1.165) is 18.0 Å². The van der Waals surface area contributed by atoms with Crippen LogP contribution in [0.25, 0.3) is 11.4 Å². The Balaban J connectivity index is 1.82. The van der Waals surface area contributed by atoms with Crippen LogP contribution in [0.2, 0.25) is 5.02 Å². The van der Waals surface area contributed by atoms with Crippen molar-refractivity contribution in [2.45, 2.75) is 39.2 Å². The molecule has 1 aromatic heterocycles. The van der Waals surface area contributed by atoms with Crippen molar-refractivity contribution in [3.05, 3.63) is 23.2 Å². The van der Waals surface area contributed by atoms with Crippen molar-refractivity contribution >= 4 is 17.3 Å². The molecule has 0 spiro atoms. The van der Waals surface area contributed by atoms with Crippen molar-refractivity contribution in [3.8, 4) is 11.4 Å². The maximum atomic E-state index is 6.09. The van der Waals surface area contributed by atoms with Gasteiger partial charge in [0.05, 0.1) is 10.7 Å². The summed E-state index contributed by atoms with van der Waals surface area (Å²) in [5.74, 6) is 2.19. The van der Waals surface area contributed by atoms with E-state index in [1.54, 1.807) is 6.07 Å². The first-order chi connectivity index (χ1) is 10.1. The Morgan fingerprint density at radius 1 is 1.29 bits per heavy atom. The Morgan fingerprint density at radius 3 is 2.81 bits per heavy atom. The van der Waals surface area contributed by atoms with Gasteiger partial charge in [0.1, 0.15) is 0 Å². The first-order valence-electron chi connectivity index (χ1n) is 7.45. The Hall–Kier alpha value is -1.62. The number of halogens is 1. The summed E-state index contributed by atoms with van der Waals surface area (Å²) in [4.78, 5) is 0. The van der Waals surface area contributed by atoms with Crippen LogP contribution >= 0.6 is 11.6 Å². The highest BCUT2D eigenvalue weighted by molar-refractivity contribution is 6.33. The second kappa shape index (κ2) is 6.02. The molecule has 1 aliphatic carbocycles. The van der Waals surface area contributed by atoms with Gasteiger partial charge in [0.2, 0.25) is 0 Å². The average Bonchev–Trinajstić information content (AvgIpc) is 2.92. The molecule has 6 heteroatoms. The number of anilines is 1. The minimum Gasteiger partial charge on any atom is -0.397 e.